The van der Waals surface area contributed by atoms with Gasteiger partial charge in [0, 0.05) is 18.2 Å². The Morgan fingerprint density at radius 3 is 2.59 bits per heavy atom. The molecule has 0 aliphatic carbocycles. The lowest BCUT2D eigenvalue weighted by molar-refractivity contribution is 0.294. The molecular formula is C12H23N5. The van der Waals surface area contributed by atoms with Crippen LogP contribution in [0.4, 0.5) is 11.6 Å². The fraction of sp³-hybridized carbons (Fsp3) is 0.667. The molecule has 1 unspecified atom stereocenters. The van der Waals surface area contributed by atoms with Gasteiger partial charge in [0.05, 0.1) is 0 Å². The zero-order valence-corrected chi connectivity index (χ0v) is 11.2. The normalized spacial score (nSPS) is 12.8. The van der Waals surface area contributed by atoms with Gasteiger partial charge in [0.15, 0.2) is 0 Å². The van der Waals surface area contributed by atoms with E-state index < -0.39 is 0 Å². The van der Waals surface area contributed by atoms with E-state index in [1.807, 2.05) is 6.92 Å². The van der Waals surface area contributed by atoms with E-state index >= 15 is 0 Å². The molecule has 0 amide bonds. The first-order valence-corrected chi connectivity index (χ1v) is 6.14. The van der Waals surface area contributed by atoms with E-state index in [4.69, 9.17) is 5.73 Å². The largest absolute Gasteiger partial charge is 0.383 e. The number of hydrogen-bond donors (Lipinski definition) is 2. The standard InChI is InChI=1S/C12H23N5/c1-5-17(6-2)7-9(3)16-12-10(4)11(13)14-8-15-12/h8-9H,5-7H2,1-4H3,(H3,13,14,15,16). The van der Waals surface area contributed by atoms with Crippen LogP contribution in [0.5, 0.6) is 0 Å². The number of nitrogen functional groups attached to an aromatic ring is 1. The maximum Gasteiger partial charge on any atom is 0.134 e. The van der Waals surface area contributed by atoms with E-state index in [0.29, 0.717) is 11.9 Å². The van der Waals surface area contributed by atoms with Gasteiger partial charge in [-0.1, -0.05) is 13.8 Å². The third-order valence-electron chi connectivity index (χ3n) is 2.93. The Kier molecular flexibility index (Phi) is 5.15. The second-order valence-electron chi connectivity index (χ2n) is 4.26. The molecule has 5 heteroatoms. The van der Waals surface area contributed by atoms with Crippen molar-refractivity contribution in [3.05, 3.63) is 11.9 Å². The molecule has 1 aromatic heterocycles. The lowest BCUT2D eigenvalue weighted by Crippen LogP contribution is -2.35. The molecule has 0 aliphatic rings. The van der Waals surface area contributed by atoms with E-state index in [1.54, 1.807) is 0 Å². The first kappa shape index (κ1) is 13.7. The monoisotopic (exact) mass is 237 g/mol. The van der Waals surface area contributed by atoms with Crippen molar-refractivity contribution in [1.29, 1.82) is 0 Å². The van der Waals surface area contributed by atoms with Gasteiger partial charge in [-0.3, -0.25) is 0 Å². The number of likely N-dealkylation sites (N-methyl/N-ethyl adjacent to an activating group) is 1. The molecule has 1 atom stereocenters. The molecule has 0 fully saturated rings. The minimum atomic E-state index is 0.336. The summed E-state index contributed by atoms with van der Waals surface area (Å²) in [5, 5.41) is 3.38. The zero-order chi connectivity index (χ0) is 12.8. The first-order chi connectivity index (χ1) is 8.08. The van der Waals surface area contributed by atoms with Crippen molar-refractivity contribution in [3.8, 4) is 0 Å². The van der Waals surface area contributed by atoms with Gasteiger partial charge >= 0.3 is 0 Å². The van der Waals surface area contributed by atoms with Gasteiger partial charge in [-0.25, -0.2) is 9.97 Å². The molecule has 0 saturated carbocycles. The van der Waals surface area contributed by atoms with Crippen molar-refractivity contribution in [2.75, 3.05) is 30.7 Å². The Balaban J connectivity index is 2.61. The second-order valence-corrected chi connectivity index (χ2v) is 4.26. The van der Waals surface area contributed by atoms with Crippen molar-refractivity contribution in [1.82, 2.24) is 14.9 Å². The summed E-state index contributed by atoms with van der Waals surface area (Å²) in [7, 11) is 0. The van der Waals surface area contributed by atoms with Crippen molar-refractivity contribution < 1.29 is 0 Å². The average Bonchev–Trinajstić information content (AvgIpc) is 2.32. The molecule has 0 spiro atoms. The number of rotatable bonds is 6. The highest BCUT2D eigenvalue weighted by Gasteiger charge is 2.10. The van der Waals surface area contributed by atoms with Crippen LogP contribution < -0.4 is 11.1 Å². The molecule has 17 heavy (non-hydrogen) atoms. The fourth-order valence-electron chi connectivity index (χ4n) is 1.76. The van der Waals surface area contributed by atoms with Crippen LogP contribution in [0.25, 0.3) is 0 Å². The zero-order valence-electron chi connectivity index (χ0n) is 11.2. The second kappa shape index (κ2) is 6.39. The smallest absolute Gasteiger partial charge is 0.134 e. The maximum atomic E-state index is 5.75. The Morgan fingerprint density at radius 2 is 2.00 bits per heavy atom. The number of hydrogen-bond acceptors (Lipinski definition) is 5. The van der Waals surface area contributed by atoms with Crippen molar-refractivity contribution in [3.63, 3.8) is 0 Å². The van der Waals surface area contributed by atoms with E-state index in [1.165, 1.54) is 6.33 Å². The fourth-order valence-corrected chi connectivity index (χ4v) is 1.76. The van der Waals surface area contributed by atoms with E-state index in [9.17, 15) is 0 Å². The van der Waals surface area contributed by atoms with Gasteiger partial charge in [-0.2, -0.15) is 0 Å². The summed E-state index contributed by atoms with van der Waals surface area (Å²) in [6.07, 6.45) is 1.49. The van der Waals surface area contributed by atoms with Crippen LogP contribution in [-0.2, 0) is 0 Å². The lowest BCUT2D eigenvalue weighted by atomic mass is 10.2. The predicted molar refractivity (Wildman–Crippen MR) is 72.1 cm³/mol. The van der Waals surface area contributed by atoms with Crippen LogP contribution in [0.3, 0.4) is 0 Å². The van der Waals surface area contributed by atoms with Crippen LogP contribution in [0.2, 0.25) is 0 Å². The van der Waals surface area contributed by atoms with Crippen LogP contribution in [0.15, 0.2) is 6.33 Å². The van der Waals surface area contributed by atoms with Gasteiger partial charge in [-0.15, -0.1) is 0 Å². The molecule has 1 rings (SSSR count). The topological polar surface area (TPSA) is 67.1 Å². The first-order valence-electron chi connectivity index (χ1n) is 6.14. The quantitative estimate of drug-likeness (QED) is 0.785. The van der Waals surface area contributed by atoms with Crippen LogP contribution >= 0.6 is 0 Å². The summed E-state index contributed by atoms with van der Waals surface area (Å²) < 4.78 is 0. The summed E-state index contributed by atoms with van der Waals surface area (Å²) in [5.41, 5.74) is 6.66. The highest BCUT2D eigenvalue weighted by atomic mass is 15.2. The maximum absolute atomic E-state index is 5.75. The van der Waals surface area contributed by atoms with E-state index in [-0.39, 0.29) is 0 Å². The SMILES string of the molecule is CCN(CC)CC(C)Nc1ncnc(N)c1C. The van der Waals surface area contributed by atoms with Crippen LogP contribution in [0, 0.1) is 6.92 Å². The van der Waals surface area contributed by atoms with Crippen molar-refractivity contribution in [2.24, 2.45) is 0 Å². The molecule has 0 radical (unpaired) electrons. The van der Waals surface area contributed by atoms with Crippen molar-refractivity contribution >= 4 is 11.6 Å². The molecule has 0 aliphatic heterocycles. The summed E-state index contributed by atoms with van der Waals surface area (Å²) in [6, 6.07) is 0.336. The van der Waals surface area contributed by atoms with E-state index in [0.717, 1.165) is 31.0 Å². The summed E-state index contributed by atoms with van der Waals surface area (Å²) in [6.45, 7) is 11.5. The Morgan fingerprint density at radius 1 is 1.35 bits per heavy atom. The van der Waals surface area contributed by atoms with Crippen molar-refractivity contribution in [2.45, 2.75) is 33.7 Å². The third-order valence-corrected chi connectivity index (χ3v) is 2.93. The average molecular weight is 237 g/mol. The predicted octanol–water partition coefficient (Wildman–Crippen LogP) is 1.51. The van der Waals surface area contributed by atoms with Gasteiger partial charge in [0.1, 0.15) is 18.0 Å². The molecule has 96 valence electrons. The molecule has 1 aromatic rings. The summed E-state index contributed by atoms with van der Waals surface area (Å²) in [4.78, 5) is 10.5. The molecule has 0 aromatic carbocycles. The van der Waals surface area contributed by atoms with Gasteiger partial charge in [0.2, 0.25) is 0 Å². The number of aromatic nitrogens is 2. The Bertz CT molecular complexity index is 349. The number of anilines is 2. The van der Waals surface area contributed by atoms with Crippen LogP contribution in [0.1, 0.15) is 26.3 Å². The minimum Gasteiger partial charge on any atom is -0.383 e. The lowest BCUT2D eigenvalue weighted by Gasteiger charge is -2.24. The number of nitrogens with two attached hydrogens (primary N) is 1. The Labute approximate surface area is 103 Å². The summed E-state index contributed by atoms with van der Waals surface area (Å²) >= 11 is 0. The third kappa shape index (κ3) is 3.85. The number of nitrogens with one attached hydrogen (secondary N) is 1. The highest BCUT2D eigenvalue weighted by molar-refractivity contribution is 5.54. The summed E-state index contributed by atoms with van der Waals surface area (Å²) in [5.74, 6) is 1.37. The van der Waals surface area contributed by atoms with Gasteiger partial charge < -0.3 is 16.0 Å². The van der Waals surface area contributed by atoms with Gasteiger partial charge in [-0.05, 0) is 26.9 Å². The molecule has 1 heterocycles. The highest BCUT2D eigenvalue weighted by Crippen LogP contribution is 2.15. The molecule has 5 nitrogen and oxygen atoms in total. The van der Waals surface area contributed by atoms with Crippen LogP contribution in [-0.4, -0.2) is 40.5 Å². The Hall–Kier alpha value is -1.36. The number of nitrogens with zero attached hydrogens (tertiary/aromatic N) is 3. The van der Waals surface area contributed by atoms with Gasteiger partial charge in [0.25, 0.3) is 0 Å². The van der Waals surface area contributed by atoms with E-state index in [2.05, 4.69) is 41.0 Å². The molecule has 0 saturated heterocycles. The molecular weight excluding hydrogens is 214 g/mol. The molecule has 0 bridgehead atoms. The molecule has 3 N–H and O–H groups in total. The minimum absolute atomic E-state index is 0.336.